The van der Waals surface area contributed by atoms with E-state index in [9.17, 15) is 13.8 Å². The molecule has 0 unspecified atom stereocenters. The lowest BCUT2D eigenvalue weighted by atomic mass is 10.3. The molecule has 0 bridgehead atoms. The lowest BCUT2D eigenvalue weighted by molar-refractivity contribution is -0.134. The van der Waals surface area contributed by atoms with Crippen molar-refractivity contribution >= 4 is 13.6 Å². The van der Waals surface area contributed by atoms with E-state index in [1.807, 2.05) is 0 Å². The number of halogens is 1. The van der Waals surface area contributed by atoms with Crippen molar-refractivity contribution in [2.45, 2.75) is 6.92 Å². The molecule has 0 heterocycles. The minimum Gasteiger partial charge on any atom is -0.476 e. The highest BCUT2D eigenvalue weighted by molar-refractivity contribution is 7.52. The first-order chi connectivity index (χ1) is 5.24. The summed E-state index contributed by atoms with van der Waals surface area (Å²) in [4.78, 5) is 26.6. The van der Waals surface area contributed by atoms with Gasteiger partial charge in [0, 0.05) is 0 Å². The summed E-state index contributed by atoms with van der Waals surface area (Å²) in [5.41, 5.74) is -0.462. The summed E-state index contributed by atoms with van der Waals surface area (Å²) >= 11 is 0. The van der Waals surface area contributed by atoms with Crippen LogP contribution in [0.25, 0.3) is 0 Å². The Bertz CT molecular complexity index is 265. The number of hydrogen-bond acceptors (Lipinski definition) is 2. The first-order valence-electron chi connectivity index (χ1n) is 2.87. The van der Waals surface area contributed by atoms with Crippen LogP contribution in [0.5, 0.6) is 0 Å². The van der Waals surface area contributed by atoms with Crippen LogP contribution < -0.4 is 0 Å². The van der Waals surface area contributed by atoms with Crippen molar-refractivity contribution in [3.63, 3.8) is 0 Å². The second-order valence-electron chi connectivity index (χ2n) is 2.22. The zero-order valence-corrected chi connectivity index (χ0v) is 7.08. The van der Waals surface area contributed by atoms with Crippen LogP contribution in [0.2, 0.25) is 0 Å². The van der Waals surface area contributed by atoms with Crippen molar-refractivity contribution in [1.82, 2.24) is 0 Å². The number of carboxylic acid groups (broad SMARTS) is 1. The molecule has 0 spiro atoms. The number of carbonyl (C=O) groups is 1. The van der Waals surface area contributed by atoms with Crippen molar-refractivity contribution in [3.05, 3.63) is 11.4 Å². The van der Waals surface area contributed by atoms with E-state index in [2.05, 4.69) is 0 Å². The van der Waals surface area contributed by atoms with Gasteiger partial charge in [-0.1, -0.05) is 0 Å². The Morgan fingerprint density at radius 2 is 1.92 bits per heavy atom. The second-order valence-corrected chi connectivity index (χ2v) is 3.87. The molecule has 0 aliphatic rings. The molecular formula is C5H8FO5P. The van der Waals surface area contributed by atoms with Crippen LogP contribution in [0.15, 0.2) is 11.4 Å². The van der Waals surface area contributed by atoms with Crippen LogP contribution in [0, 0.1) is 0 Å². The maximum absolute atomic E-state index is 12.4. The van der Waals surface area contributed by atoms with Gasteiger partial charge in [-0.05, 0) is 12.5 Å². The van der Waals surface area contributed by atoms with Gasteiger partial charge in [-0.3, -0.25) is 4.57 Å². The van der Waals surface area contributed by atoms with Gasteiger partial charge >= 0.3 is 13.6 Å². The molecule has 0 aliphatic heterocycles. The Kier molecular flexibility index (Phi) is 3.57. The van der Waals surface area contributed by atoms with Crippen molar-refractivity contribution < 1.29 is 28.6 Å². The fourth-order valence-electron chi connectivity index (χ4n) is 0.561. The predicted octanol–water partition coefficient (Wildman–Crippen LogP) is 0.492. The van der Waals surface area contributed by atoms with Crippen LogP contribution in [0.4, 0.5) is 4.39 Å². The Balaban J connectivity index is 4.60. The molecule has 12 heavy (non-hydrogen) atoms. The molecule has 0 fully saturated rings. The minimum absolute atomic E-state index is 0.462. The van der Waals surface area contributed by atoms with Gasteiger partial charge < -0.3 is 14.9 Å². The highest BCUT2D eigenvalue weighted by atomic mass is 31.2. The van der Waals surface area contributed by atoms with Crippen LogP contribution in [0.3, 0.4) is 0 Å². The quantitative estimate of drug-likeness (QED) is 0.453. The summed E-state index contributed by atoms with van der Waals surface area (Å²) in [6, 6.07) is 0. The van der Waals surface area contributed by atoms with E-state index >= 15 is 0 Å². The maximum Gasteiger partial charge on any atom is 0.364 e. The van der Waals surface area contributed by atoms with Crippen LogP contribution in [0.1, 0.15) is 6.92 Å². The fourth-order valence-corrected chi connectivity index (χ4v) is 1.32. The molecule has 0 amide bonds. The lowest BCUT2D eigenvalue weighted by Crippen LogP contribution is -2.01. The molecule has 0 radical (unpaired) electrons. The molecule has 0 rings (SSSR count). The molecule has 3 N–H and O–H groups in total. The summed E-state index contributed by atoms with van der Waals surface area (Å²) in [7, 11) is -4.38. The van der Waals surface area contributed by atoms with E-state index in [0.717, 1.165) is 6.92 Å². The normalized spacial score (nSPS) is 14.0. The van der Waals surface area contributed by atoms with Crippen molar-refractivity contribution in [2.24, 2.45) is 0 Å². The third kappa shape index (κ3) is 4.23. The van der Waals surface area contributed by atoms with Crippen LogP contribution in [-0.2, 0) is 9.36 Å². The predicted molar refractivity (Wildman–Crippen MR) is 38.4 cm³/mol. The fraction of sp³-hybridized carbons (Fsp3) is 0.400. The summed E-state index contributed by atoms with van der Waals surface area (Å²) in [6.07, 6.45) is -0.870. The number of carboxylic acids is 1. The zero-order valence-electron chi connectivity index (χ0n) is 6.19. The van der Waals surface area contributed by atoms with Gasteiger partial charge in [0.1, 0.15) is 0 Å². The molecule has 70 valence electrons. The zero-order chi connectivity index (χ0) is 9.94. The average Bonchev–Trinajstić information content (AvgIpc) is 1.82. The summed E-state index contributed by atoms with van der Waals surface area (Å²) in [5.74, 6) is -3.33. The topological polar surface area (TPSA) is 94.8 Å². The average molecular weight is 198 g/mol. The third-order valence-corrected chi connectivity index (χ3v) is 1.89. The van der Waals surface area contributed by atoms with E-state index in [1.165, 1.54) is 0 Å². The number of aliphatic carboxylic acids is 1. The van der Waals surface area contributed by atoms with Crippen LogP contribution >= 0.6 is 7.60 Å². The van der Waals surface area contributed by atoms with E-state index in [0.29, 0.717) is 0 Å². The Hall–Kier alpha value is -0.710. The molecule has 0 aliphatic carbocycles. The molecule has 0 atom stereocenters. The van der Waals surface area contributed by atoms with Gasteiger partial charge in [0.25, 0.3) is 0 Å². The third-order valence-electron chi connectivity index (χ3n) is 1.01. The molecule has 0 saturated heterocycles. The van der Waals surface area contributed by atoms with Gasteiger partial charge in [0.15, 0.2) is 0 Å². The molecule has 0 aromatic heterocycles. The Labute approximate surface area is 67.7 Å². The molecule has 7 heteroatoms. The summed E-state index contributed by atoms with van der Waals surface area (Å²) < 4.78 is 22.7. The highest BCUT2D eigenvalue weighted by Crippen LogP contribution is 2.37. The molecule has 5 nitrogen and oxygen atoms in total. The Morgan fingerprint density at radius 3 is 2.17 bits per heavy atom. The largest absolute Gasteiger partial charge is 0.476 e. The maximum atomic E-state index is 12.4. The van der Waals surface area contributed by atoms with Gasteiger partial charge in [-0.25, -0.2) is 4.79 Å². The molecule has 0 aromatic carbocycles. The van der Waals surface area contributed by atoms with E-state index < -0.39 is 31.1 Å². The number of allylic oxidation sites excluding steroid dienone is 1. The van der Waals surface area contributed by atoms with Crippen molar-refractivity contribution in [2.75, 3.05) is 6.16 Å². The number of rotatable bonds is 3. The summed E-state index contributed by atoms with van der Waals surface area (Å²) in [6.45, 7) is 1.02. The number of hydrogen-bond donors (Lipinski definition) is 3. The minimum atomic E-state index is -4.38. The van der Waals surface area contributed by atoms with Gasteiger partial charge in [-0.15, -0.1) is 0 Å². The van der Waals surface area contributed by atoms with Crippen molar-refractivity contribution in [1.29, 1.82) is 0 Å². The van der Waals surface area contributed by atoms with Gasteiger partial charge in [0.05, 0.1) is 6.16 Å². The first kappa shape index (κ1) is 11.3. The monoisotopic (exact) mass is 198 g/mol. The smallest absolute Gasteiger partial charge is 0.364 e. The van der Waals surface area contributed by atoms with E-state index in [4.69, 9.17) is 14.9 Å². The molecule has 0 saturated carbocycles. The molecular weight excluding hydrogens is 190 g/mol. The lowest BCUT2D eigenvalue weighted by Gasteiger charge is -2.03. The Morgan fingerprint density at radius 1 is 1.50 bits per heavy atom. The van der Waals surface area contributed by atoms with E-state index in [1.54, 1.807) is 0 Å². The van der Waals surface area contributed by atoms with Crippen LogP contribution in [-0.4, -0.2) is 27.0 Å². The highest BCUT2D eigenvalue weighted by Gasteiger charge is 2.19. The van der Waals surface area contributed by atoms with Crippen molar-refractivity contribution in [3.8, 4) is 0 Å². The summed E-state index contributed by atoms with van der Waals surface area (Å²) in [5, 5.41) is 8.06. The molecule has 0 aromatic rings. The SMILES string of the molecule is CC(CP(=O)(O)O)=C(F)C(=O)O. The van der Waals surface area contributed by atoms with E-state index in [-0.39, 0.29) is 0 Å². The van der Waals surface area contributed by atoms with Gasteiger partial charge in [0.2, 0.25) is 5.83 Å². The second kappa shape index (κ2) is 3.80. The first-order valence-corrected chi connectivity index (χ1v) is 4.67. The standard InChI is InChI=1S/C5H8FO5P/c1-3(2-12(9,10)11)4(6)5(7)8/h2H2,1H3,(H,7,8)(H2,9,10,11). The van der Waals surface area contributed by atoms with Gasteiger partial charge in [-0.2, -0.15) is 4.39 Å².